The fourth-order valence-corrected chi connectivity index (χ4v) is 5.60. The van der Waals surface area contributed by atoms with Crippen LogP contribution in [0.3, 0.4) is 0 Å². The van der Waals surface area contributed by atoms with Gasteiger partial charge < -0.3 is 5.32 Å². The summed E-state index contributed by atoms with van der Waals surface area (Å²) in [7, 11) is -3.41. The summed E-state index contributed by atoms with van der Waals surface area (Å²) in [6.07, 6.45) is 4.05. The third-order valence-electron chi connectivity index (χ3n) is 5.51. The van der Waals surface area contributed by atoms with E-state index in [1.54, 1.807) is 32.9 Å². The molecule has 2 aliphatic heterocycles. The van der Waals surface area contributed by atoms with E-state index in [0.29, 0.717) is 50.0 Å². The molecule has 1 amide bonds. The van der Waals surface area contributed by atoms with E-state index in [2.05, 4.69) is 5.32 Å². The summed E-state index contributed by atoms with van der Waals surface area (Å²) >= 11 is 5.96. The van der Waals surface area contributed by atoms with Crippen molar-refractivity contribution in [1.82, 2.24) is 13.5 Å². The fraction of sp³-hybridized carbons (Fsp3) is 0.632. The first kappa shape index (κ1) is 21.5. The van der Waals surface area contributed by atoms with Crippen LogP contribution in [0, 0.1) is 0 Å². The van der Waals surface area contributed by atoms with Crippen molar-refractivity contribution >= 4 is 33.4 Å². The number of piperazine rings is 1. The monoisotopic (exact) mass is 428 g/mol. The second kappa shape index (κ2) is 9.54. The van der Waals surface area contributed by atoms with Crippen LogP contribution in [0.25, 0.3) is 0 Å². The summed E-state index contributed by atoms with van der Waals surface area (Å²) in [5.41, 5.74) is 0.659. The number of carbonyl (C=O) groups is 1. The van der Waals surface area contributed by atoms with Gasteiger partial charge in [-0.1, -0.05) is 30.5 Å². The van der Waals surface area contributed by atoms with E-state index in [9.17, 15) is 13.2 Å². The maximum atomic E-state index is 12.9. The molecule has 2 aliphatic rings. The van der Waals surface area contributed by atoms with Crippen molar-refractivity contribution in [3.63, 3.8) is 0 Å². The molecule has 2 saturated heterocycles. The topological polar surface area (TPSA) is 73.0 Å². The SMILES string of the molecule is CC(C(=O)Nc1cccc(Cl)c1)N1CCN(S(=O)(=O)N2CCCCCC2)CC1. The third-order valence-corrected chi connectivity index (χ3v) is 7.78. The van der Waals surface area contributed by atoms with Gasteiger partial charge in [0, 0.05) is 50.0 Å². The Balaban J connectivity index is 1.54. The smallest absolute Gasteiger partial charge is 0.282 e. The van der Waals surface area contributed by atoms with Crippen molar-refractivity contribution in [3.8, 4) is 0 Å². The van der Waals surface area contributed by atoms with E-state index in [1.165, 1.54) is 0 Å². The van der Waals surface area contributed by atoms with Crippen LogP contribution >= 0.6 is 11.6 Å². The molecule has 9 heteroatoms. The maximum Gasteiger partial charge on any atom is 0.282 e. The van der Waals surface area contributed by atoms with Gasteiger partial charge in [-0.2, -0.15) is 17.0 Å². The first-order chi connectivity index (χ1) is 13.4. The first-order valence-corrected chi connectivity index (χ1v) is 11.7. The molecule has 1 aromatic rings. The number of nitrogens with one attached hydrogen (secondary N) is 1. The van der Waals surface area contributed by atoms with Gasteiger partial charge in [0.25, 0.3) is 10.2 Å². The normalized spacial score (nSPS) is 21.8. The van der Waals surface area contributed by atoms with Crippen LogP contribution in [0.4, 0.5) is 5.69 Å². The zero-order valence-corrected chi connectivity index (χ0v) is 17.9. The van der Waals surface area contributed by atoms with Crippen molar-refractivity contribution in [3.05, 3.63) is 29.3 Å². The maximum absolute atomic E-state index is 12.9. The van der Waals surface area contributed by atoms with E-state index < -0.39 is 10.2 Å². The molecule has 0 aliphatic carbocycles. The third kappa shape index (κ3) is 5.24. The first-order valence-electron chi connectivity index (χ1n) is 9.93. The molecule has 7 nitrogen and oxygen atoms in total. The quantitative estimate of drug-likeness (QED) is 0.781. The summed E-state index contributed by atoms with van der Waals surface area (Å²) in [6.45, 7) is 4.97. The molecule has 2 heterocycles. The zero-order chi connectivity index (χ0) is 20.1. The van der Waals surface area contributed by atoms with Crippen LogP contribution < -0.4 is 5.32 Å². The Bertz CT molecular complexity index is 773. The van der Waals surface area contributed by atoms with Gasteiger partial charge in [0.15, 0.2) is 0 Å². The van der Waals surface area contributed by atoms with Crippen molar-refractivity contribution in [2.45, 2.75) is 38.6 Å². The highest BCUT2D eigenvalue weighted by Crippen LogP contribution is 2.19. The van der Waals surface area contributed by atoms with E-state index >= 15 is 0 Å². The molecule has 1 aromatic carbocycles. The average Bonchev–Trinajstić information content (AvgIpc) is 2.97. The molecule has 3 rings (SSSR count). The molecule has 0 bridgehead atoms. The summed E-state index contributed by atoms with van der Waals surface area (Å²) < 4.78 is 29.0. The molecule has 156 valence electrons. The lowest BCUT2D eigenvalue weighted by molar-refractivity contribution is -0.121. The Morgan fingerprint density at radius 1 is 1.00 bits per heavy atom. The minimum atomic E-state index is -3.41. The van der Waals surface area contributed by atoms with Crippen LogP contribution in [0.5, 0.6) is 0 Å². The highest BCUT2D eigenvalue weighted by atomic mass is 35.5. The number of carbonyl (C=O) groups excluding carboxylic acids is 1. The van der Waals surface area contributed by atoms with Gasteiger partial charge in [0.05, 0.1) is 6.04 Å². The highest BCUT2D eigenvalue weighted by Gasteiger charge is 2.34. The number of amides is 1. The van der Waals surface area contributed by atoms with Gasteiger partial charge in [-0.25, -0.2) is 0 Å². The van der Waals surface area contributed by atoms with E-state index in [4.69, 9.17) is 11.6 Å². The predicted octanol–water partition coefficient (Wildman–Crippen LogP) is 2.41. The number of anilines is 1. The molecule has 0 spiro atoms. The fourth-order valence-electron chi connectivity index (χ4n) is 3.74. The lowest BCUT2D eigenvalue weighted by atomic mass is 10.2. The molecule has 2 fully saturated rings. The number of halogens is 1. The largest absolute Gasteiger partial charge is 0.325 e. The molecule has 1 N–H and O–H groups in total. The highest BCUT2D eigenvalue weighted by molar-refractivity contribution is 7.86. The molecule has 0 radical (unpaired) electrons. The number of hydrogen-bond donors (Lipinski definition) is 1. The predicted molar refractivity (Wildman–Crippen MR) is 112 cm³/mol. The van der Waals surface area contributed by atoms with Gasteiger partial charge >= 0.3 is 0 Å². The summed E-state index contributed by atoms with van der Waals surface area (Å²) in [4.78, 5) is 14.6. The summed E-state index contributed by atoms with van der Waals surface area (Å²) in [6, 6.07) is 6.70. The van der Waals surface area contributed by atoms with E-state index in [0.717, 1.165) is 25.7 Å². The van der Waals surface area contributed by atoms with Crippen molar-refractivity contribution < 1.29 is 13.2 Å². The van der Waals surface area contributed by atoms with Crippen LogP contribution in [0.15, 0.2) is 24.3 Å². The van der Waals surface area contributed by atoms with Gasteiger partial charge in [0.2, 0.25) is 5.91 Å². The van der Waals surface area contributed by atoms with Gasteiger partial charge in [-0.05, 0) is 38.0 Å². The number of nitrogens with zero attached hydrogens (tertiary/aromatic N) is 3. The molecule has 28 heavy (non-hydrogen) atoms. The zero-order valence-electron chi connectivity index (χ0n) is 16.3. The standard InChI is InChI=1S/C19H29ClN4O3S/c1-16(19(25)21-18-8-6-7-17(20)15-18)22-11-13-24(14-12-22)28(26,27)23-9-4-2-3-5-10-23/h6-8,15-16H,2-5,9-14H2,1H3,(H,21,25). The summed E-state index contributed by atoms with van der Waals surface area (Å²) in [5, 5.41) is 3.44. The number of hydrogen-bond acceptors (Lipinski definition) is 4. The minimum Gasteiger partial charge on any atom is -0.325 e. The Labute approximate surface area is 172 Å². The van der Waals surface area contributed by atoms with Crippen molar-refractivity contribution in [2.75, 3.05) is 44.6 Å². The number of rotatable bonds is 5. The van der Waals surface area contributed by atoms with Crippen LogP contribution in [-0.4, -0.2) is 73.1 Å². The second-order valence-corrected chi connectivity index (χ2v) is 9.80. The second-order valence-electron chi connectivity index (χ2n) is 7.43. The van der Waals surface area contributed by atoms with Crippen molar-refractivity contribution in [1.29, 1.82) is 0 Å². The Hall–Kier alpha value is -1.19. The van der Waals surface area contributed by atoms with E-state index in [-0.39, 0.29) is 11.9 Å². The molecule has 0 saturated carbocycles. The Morgan fingerprint density at radius 2 is 1.61 bits per heavy atom. The molecule has 1 unspecified atom stereocenters. The van der Waals surface area contributed by atoms with Crippen molar-refractivity contribution in [2.24, 2.45) is 0 Å². The lowest BCUT2D eigenvalue weighted by Gasteiger charge is -2.38. The number of benzene rings is 1. The Morgan fingerprint density at radius 3 is 2.21 bits per heavy atom. The lowest BCUT2D eigenvalue weighted by Crippen LogP contribution is -2.56. The minimum absolute atomic E-state index is 0.119. The van der Waals surface area contributed by atoms with Gasteiger partial charge in [-0.3, -0.25) is 9.69 Å². The molecular formula is C19H29ClN4O3S. The van der Waals surface area contributed by atoms with Gasteiger partial charge in [-0.15, -0.1) is 0 Å². The average molecular weight is 429 g/mol. The van der Waals surface area contributed by atoms with Crippen LogP contribution in [0.2, 0.25) is 5.02 Å². The van der Waals surface area contributed by atoms with Crippen LogP contribution in [-0.2, 0) is 15.0 Å². The molecule has 0 aromatic heterocycles. The van der Waals surface area contributed by atoms with Crippen LogP contribution in [0.1, 0.15) is 32.6 Å². The Kier molecular flexibility index (Phi) is 7.33. The molecule has 1 atom stereocenters. The summed E-state index contributed by atoms with van der Waals surface area (Å²) in [5.74, 6) is -0.119. The van der Waals surface area contributed by atoms with E-state index in [1.807, 2.05) is 11.8 Å². The van der Waals surface area contributed by atoms with Gasteiger partial charge in [0.1, 0.15) is 0 Å². The molecular weight excluding hydrogens is 400 g/mol.